The molecule has 2 aliphatic rings. The SMILES string of the molecule is O=C(Nc1ccc(C2SCC(=O)N2c2ccccc2F)cc1)C1CC1. The zero-order valence-electron chi connectivity index (χ0n) is 13.4. The summed E-state index contributed by atoms with van der Waals surface area (Å²) in [4.78, 5) is 25.6. The van der Waals surface area contributed by atoms with Crippen LogP contribution in [0, 0.1) is 11.7 Å². The Labute approximate surface area is 149 Å². The van der Waals surface area contributed by atoms with Crippen LogP contribution in [-0.2, 0) is 9.59 Å². The molecule has 1 aliphatic carbocycles. The fourth-order valence-electron chi connectivity index (χ4n) is 2.90. The first kappa shape index (κ1) is 16.1. The number of hydrogen-bond donors (Lipinski definition) is 1. The zero-order chi connectivity index (χ0) is 17.4. The maximum atomic E-state index is 14.1. The number of thioether (sulfide) groups is 1. The van der Waals surface area contributed by atoms with E-state index in [0.29, 0.717) is 11.4 Å². The lowest BCUT2D eigenvalue weighted by atomic mass is 10.1. The third-order valence-electron chi connectivity index (χ3n) is 4.39. The van der Waals surface area contributed by atoms with E-state index in [4.69, 9.17) is 0 Å². The molecule has 4 rings (SSSR count). The number of carbonyl (C=O) groups is 2. The quantitative estimate of drug-likeness (QED) is 0.902. The number of hydrogen-bond acceptors (Lipinski definition) is 3. The monoisotopic (exact) mass is 356 g/mol. The third-order valence-corrected chi connectivity index (χ3v) is 5.60. The minimum Gasteiger partial charge on any atom is -0.326 e. The van der Waals surface area contributed by atoms with Crippen LogP contribution in [0.15, 0.2) is 48.5 Å². The highest BCUT2D eigenvalue weighted by molar-refractivity contribution is 8.00. The Morgan fingerprint density at radius 3 is 2.52 bits per heavy atom. The van der Waals surface area contributed by atoms with Crippen LogP contribution in [0.25, 0.3) is 0 Å². The van der Waals surface area contributed by atoms with E-state index >= 15 is 0 Å². The van der Waals surface area contributed by atoms with Crippen LogP contribution in [0.1, 0.15) is 23.8 Å². The fourth-order valence-corrected chi connectivity index (χ4v) is 4.07. The van der Waals surface area contributed by atoms with Crippen LogP contribution < -0.4 is 10.2 Å². The summed E-state index contributed by atoms with van der Waals surface area (Å²) in [7, 11) is 0. The Bertz CT molecular complexity index is 820. The summed E-state index contributed by atoms with van der Waals surface area (Å²) in [5.74, 6) is 0.0207. The van der Waals surface area contributed by atoms with Crippen LogP contribution in [0.4, 0.5) is 15.8 Å². The lowest BCUT2D eigenvalue weighted by Gasteiger charge is -2.24. The first-order chi connectivity index (χ1) is 12.1. The van der Waals surface area contributed by atoms with Crippen molar-refractivity contribution in [3.8, 4) is 0 Å². The molecule has 25 heavy (non-hydrogen) atoms. The van der Waals surface area contributed by atoms with Gasteiger partial charge in [0.2, 0.25) is 11.8 Å². The smallest absolute Gasteiger partial charge is 0.238 e. The second-order valence-corrected chi connectivity index (χ2v) is 7.33. The molecule has 128 valence electrons. The van der Waals surface area contributed by atoms with Crippen molar-refractivity contribution in [1.82, 2.24) is 0 Å². The van der Waals surface area contributed by atoms with Crippen molar-refractivity contribution < 1.29 is 14.0 Å². The third kappa shape index (κ3) is 3.26. The van der Waals surface area contributed by atoms with Gasteiger partial charge in [0.25, 0.3) is 0 Å². The first-order valence-corrected chi connectivity index (χ1v) is 9.27. The molecule has 1 heterocycles. The van der Waals surface area contributed by atoms with Crippen LogP contribution in [0.3, 0.4) is 0 Å². The molecular weight excluding hydrogens is 339 g/mol. The number of amides is 2. The molecule has 0 aromatic heterocycles. The lowest BCUT2D eigenvalue weighted by molar-refractivity contribution is -0.117. The standard InChI is InChI=1S/C19H17FN2O2S/c20-15-3-1-2-4-16(15)22-17(23)11-25-19(22)13-7-9-14(10-8-13)21-18(24)12-5-6-12/h1-4,7-10,12,19H,5-6,11H2,(H,21,24). The second kappa shape index (κ2) is 6.52. The molecular formula is C19H17FN2O2S. The molecule has 2 aromatic carbocycles. The average molecular weight is 356 g/mol. The van der Waals surface area contributed by atoms with Gasteiger partial charge in [-0.3, -0.25) is 14.5 Å². The van der Waals surface area contributed by atoms with E-state index in [2.05, 4.69) is 5.32 Å². The van der Waals surface area contributed by atoms with Gasteiger partial charge in [-0.2, -0.15) is 0 Å². The van der Waals surface area contributed by atoms with Crippen LogP contribution >= 0.6 is 11.8 Å². The highest BCUT2D eigenvalue weighted by atomic mass is 32.2. The van der Waals surface area contributed by atoms with Gasteiger partial charge in [0, 0.05) is 11.6 Å². The number of halogens is 1. The highest BCUT2D eigenvalue weighted by Gasteiger charge is 2.35. The van der Waals surface area contributed by atoms with Crippen molar-refractivity contribution in [3.05, 3.63) is 59.9 Å². The Hall–Kier alpha value is -2.34. The van der Waals surface area contributed by atoms with Gasteiger partial charge in [0.15, 0.2) is 0 Å². The molecule has 1 unspecified atom stereocenters. The van der Waals surface area contributed by atoms with Gasteiger partial charge in [-0.1, -0.05) is 24.3 Å². The van der Waals surface area contributed by atoms with Gasteiger partial charge in [-0.15, -0.1) is 11.8 Å². The number of rotatable bonds is 4. The first-order valence-electron chi connectivity index (χ1n) is 8.22. The molecule has 1 N–H and O–H groups in total. The summed E-state index contributed by atoms with van der Waals surface area (Å²) in [6, 6.07) is 13.7. The summed E-state index contributed by atoms with van der Waals surface area (Å²) < 4.78 is 14.1. The van der Waals surface area contributed by atoms with Crippen molar-refractivity contribution in [3.63, 3.8) is 0 Å². The van der Waals surface area contributed by atoms with Crippen molar-refractivity contribution in [2.45, 2.75) is 18.2 Å². The average Bonchev–Trinajstić information content (AvgIpc) is 3.40. The van der Waals surface area contributed by atoms with Gasteiger partial charge in [-0.25, -0.2) is 4.39 Å². The Balaban J connectivity index is 1.56. The van der Waals surface area contributed by atoms with E-state index in [1.54, 1.807) is 18.2 Å². The van der Waals surface area contributed by atoms with Crippen LogP contribution in [0.5, 0.6) is 0 Å². The van der Waals surface area contributed by atoms with E-state index in [1.165, 1.54) is 22.7 Å². The maximum absolute atomic E-state index is 14.1. The summed E-state index contributed by atoms with van der Waals surface area (Å²) in [6.45, 7) is 0. The second-order valence-electron chi connectivity index (χ2n) is 6.26. The predicted molar refractivity (Wildman–Crippen MR) is 96.9 cm³/mol. The molecule has 2 fully saturated rings. The van der Waals surface area contributed by atoms with E-state index < -0.39 is 5.82 Å². The topological polar surface area (TPSA) is 49.4 Å². The molecule has 0 spiro atoms. The molecule has 1 saturated carbocycles. The largest absolute Gasteiger partial charge is 0.326 e. The molecule has 1 saturated heterocycles. The van der Waals surface area contributed by atoms with Gasteiger partial charge < -0.3 is 5.32 Å². The number of para-hydroxylation sites is 1. The normalized spacial score (nSPS) is 20.0. The zero-order valence-corrected chi connectivity index (χ0v) is 14.3. The van der Waals surface area contributed by atoms with Crippen molar-refractivity contribution in [2.75, 3.05) is 16.0 Å². The summed E-state index contributed by atoms with van der Waals surface area (Å²) in [6.07, 6.45) is 1.92. The molecule has 1 aliphatic heterocycles. The fraction of sp³-hybridized carbons (Fsp3) is 0.263. The molecule has 0 bridgehead atoms. The number of nitrogens with one attached hydrogen (secondary N) is 1. The minimum absolute atomic E-state index is 0.0613. The van der Waals surface area contributed by atoms with E-state index in [9.17, 15) is 14.0 Å². The molecule has 4 nitrogen and oxygen atoms in total. The van der Waals surface area contributed by atoms with Crippen molar-refractivity contribution >= 4 is 35.0 Å². The van der Waals surface area contributed by atoms with Gasteiger partial charge in [0.05, 0.1) is 11.4 Å². The minimum atomic E-state index is -0.406. The van der Waals surface area contributed by atoms with Crippen molar-refractivity contribution in [2.24, 2.45) is 5.92 Å². The number of nitrogens with zero attached hydrogens (tertiary/aromatic N) is 1. The lowest BCUT2D eigenvalue weighted by Crippen LogP contribution is -2.28. The van der Waals surface area contributed by atoms with E-state index in [-0.39, 0.29) is 23.1 Å². The summed E-state index contributed by atoms with van der Waals surface area (Å²) >= 11 is 1.47. The van der Waals surface area contributed by atoms with Crippen LogP contribution in [-0.4, -0.2) is 17.6 Å². The summed E-state index contributed by atoms with van der Waals surface area (Å²) in [5, 5.41) is 2.63. The Morgan fingerprint density at radius 2 is 1.84 bits per heavy atom. The summed E-state index contributed by atoms with van der Waals surface area (Å²) in [5.41, 5.74) is 1.95. The van der Waals surface area contributed by atoms with E-state index in [1.807, 2.05) is 24.3 Å². The number of carbonyl (C=O) groups excluding carboxylic acids is 2. The number of benzene rings is 2. The van der Waals surface area contributed by atoms with Crippen molar-refractivity contribution in [1.29, 1.82) is 0 Å². The molecule has 1 atom stereocenters. The predicted octanol–water partition coefficient (Wildman–Crippen LogP) is 3.95. The Kier molecular flexibility index (Phi) is 4.21. The molecule has 2 amide bonds. The molecule has 0 radical (unpaired) electrons. The maximum Gasteiger partial charge on any atom is 0.238 e. The number of anilines is 2. The van der Waals surface area contributed by atoms with Gasteiger partial charge >= 0.3 is 0 Å². The van der Waals surface area contributed by atoms with Gasteiger partial charge in [0.1, 0.15) is 11.2 Å². The molecule has 6 heteroatoms. The van der Waals surface area contributed by atoms with E-state index in [0.717, 1.165) is 24.1 Å². The van der Waals surface area contributed by atoms with Gasteiger partial charge in [-0.05, 0) is 42.7 Å². The van der Waals surface area contributed by atoms with Crippen LogP contribution in [0.2, 0.25) is 0 Å². The Morgan fingerprint density at radius 1 is 1.12 bits per heavy atom. The molecule has 2 aromatic rings. The highest BCUT2D eigenvalue weighted by Crippen LogP contribution is 2.42.